The fourth-order valence-corrected chi connectivity index (χ4v) is 8.28. The topological polar surface area (TPSA) is 3.24 Å². The van der Waals surface area contributed by atoms with Crippen LogP contribution in [0.2, 0.25) is 0 Å². The van der Waals surface area contributed by atoms with E-state index in [1.54, 1.807) is 35.6 Å². The summed E-state index contributed by atoms with van der Waals surface area (Å²) in [7, 11) is 0. The molecule has 0 aliphatic heterocycles. The van der Waals surface area contributed by atoms with Gasteiger partial charge in [0.25, 0.3) is 0 Å². The highest BCUT2D eigenvalue weighted by Gasteiger charge is 2.16. The lowest BCUT2D eigenvalue weighted by Crippen LogP contribution is -2.09. The quantitative estimate of drug-likeness (QED) is 0.168. The number of anilines is 3. The van der Waals surface area contributed by atoms with E-state index in [4.69, 9.17) is 0 Å². The van der Waals surface area contributed by atoms with Crippen molar-refractivity contribution in [2.24, 2.45) is 0 Å². The molecule has 1 heterocycles. The predicted molar refractivity (Wildman–Crippen MR) is 225 cm³/mol. The molecule has 2 heteroatoms. The van der Waals surface area contributed by atoms with Crippen LogP contribution in [-0.4, -0.2) is 0 Å². The molecule has 0 saturated carbocycles. The zero-order valence-corrected chi connectivity index (χ0v) is 28.6. The Labute approximate surface area is 318 Å². The summed E-state index contributed by atoms with van der Waals surface area (Å²) in [6.07, 6.45) is 0. The summed E-state index contributed by atoms with van der Waals surface area (Å²) in [5, 5.41) is 5.84. The minimum Gasteiger partial charge on any atom is -0.311 e. The highest BCUT2D eigenvalue weighted by Crippen LogP contribution is 2.42. The summed E-state index contributed by atoms with van der Waals surface area (Å²) in [6.45, 7) is 0. The van der Waals surface area contributed by atoms with Gasteiger partial charge in [0.1, 0.15) is 0 Å². The van der Waals surface area contributed by atoms with E-state index in [2.05, 4.69) is 24.3 Å². The third-order valence-corrected chi connectivity index (χ3v) is 10.8. The molecule has 0 radical (unpaired) electrons. The largest absolute Gasteiger partial charge is 0.311 e. The van der Waals surface area contributed by atoms with Crippen molar-refractivity contribution in [2.75, 3.05) is 4.90 Å². The standard InChI is InChI=1S/C50H33NS/c1-2-11-39-33-40(20-19-34(39)9-1)35-21-27-41(28-22-35)51(42-29-23-37(24-30-42)45-15-7-12-36-10-3-4-13-44(36)45)43-31-25-38(26-32-43)46-16-8-17-48-47-14-5-6-18-49(47)52-50(46)48/h1-33H/i21D,22D,23D,24D,27D,28D,29D,30D. The Bertz CT molecular complexity index is 3310. The molecule has 0 saturated heterocycles. The first-order chi connectivity index (χ1) is 29.1. The van der Waals surface area contributed by atoms with Gasteiger partial charge in [0.15, 0.2) is 0 Å². The van der Waals surface area contributed by atoms with Gasteiger partial charge in [-0.1, -0.05) is 152 Å². The summed E-state index contributed by atoms with van der Waals surface area (Å²) >= 11 is 1.71. The molecule has 0 bridgehead atoms. The Kier molecular flexibility index (Phi) is 5.63. The fraction of sp³-hybridized carbons (Fsp3) is 0. The van der Waals surface area contributed by atoms with Gasteiger partial charge in [-0.3, -0.25) is 0 Å². The van der Waals surface area contributed by atoms with Crippen LogP contribution in [0.3, 0.4) is 0 Å². The highest BCUT2D eigenvalue weighted by molar-refractivity contribution is 7.26. The van der Waals surface area contributed by atoms with Crippen molar-refractivity contribution in [2.45, 2.75) is 0 Å². The van der Waals surface area contributed by atoms with Crippen molar-refractivity contribution in [1.29, 1.82) is 0 Å². The Morgan fingerprint density at radius 2 is 0.942 bits per heavy atom. The van der Waals surface area contributed by atoms with Gasteiger partial charge in [-0.2, -0.15) is 0 Å². The van der Waals surface area contributed by atoms with Gasteiger partial charge < -0.3 is 4.90 Å². The van der Waals surface area contributed by atoms with Gasteiger partial charge in [-0.25, -0.2) is 0 Å². The Morgan fingerprint density at radius 1 is 0.365 bits per heavy atom. The molecule has 52 heavy (non-hydrogen) atoms. The maximum absolute atomic E-state index is 9.53. The lowest BCUT2D eigenvalue weighted by Gasteiger charge is -2.26. The van der Waals surface area contributed by atoms with E-state index in [-0.39, 0.29) is 70.8 Å². The SMILES string of the molecule is [2H]c1c([2H])c(N(c2ccc(-c3cccc4c3sc3ccccc34)cc2)c2c([2H])c([2H])c(-c3cccc4ccccc34)c([2H])c2[2H])c([2H])c([2H])c1-c1ccc2ccccc2c1. The lowest BCUT2D eigenvalue weighted by molar-refractivity contribution is 1.28. The Balaban J connectivity index is 1.20. The van der Waals surface area contributed by atoms with E-state index in [9.17, 15) is 11.0 Å². The molecule has 1 aromatic heterocycles. The number of fused-ring (bicyclic) bond motifs is 5. The molecule has 0 atom stereocenters. The monoisotopic (exact) mass is 687 g/mol. The summed E-state index contributed by atoms with van der Waals surface area (Å²) in [5.41, 5.74) is 3.20. The normalized spacial score (nSPS) is 13.6. The van der Waals surface area contributed by atoms with Crippen LogP contribution in [0.15, 0.2) is 200 Å². The van der Waals surface area contributed by atoms with Crippen molar-refractivity contribution < 1.29 is 11.0 Å². The van der Waals surface area contributed by atoms with Crippen LogP contribution in [0.5, 0.6) is 0 Å². The molecule has 1 nitrogen and oxygen atoms in total. The average Bonchev–Trinajstić information content (AvgIpc) is 3.67. The minimum absolute atomic E-state index is 0.122. The third kappa shape index (κ3) is 5.33. The van der Waals surface area contributed by atoms with Crippen LogP contribution in [0.4, 0.5) is 17.1 Å². The van der Waals surface area contributed by atoms with E-state index in [0.717, 1.165) is 42.8 Å². The number of thiophene rings is 1. The first-order valence-corrected chi connectivity index (χ1v) is 17.9. The van der Waals surface area contributed by atoms with Crippen molar-refractivity contribution in [3.63, 3.8) is 0 Å². The average molecular weight is 688 g/mol. The molecule has 0 unspecified atom stereocenters. The van der Waals surface area contributed by atoms with Crippen LogP contribution in [-0.2, 0) is 0 Å². The van der Waals surface area contributed by atoms with Crippen molar-refractivity contribution in [3.8, 4) is 33.4 Å². The molecule has 0 aliphatic rings. The molecule has 244 valence electrons. The predicted octanol–water partition coefficient (Wildman–Crippen LogP) is 14.8. The van der Waals surface area contributed by atoms with Crippen molar-refractivity contribution in [1.82, 2.24) is 0 Å². The minimum atomic E-state index is -0.381. The Hall–Kier alpha value is -6.48. The summed E-state index contributed by atoms with van der Waals surface area (Å²) < 4.78 is 77.8. The first-order valence-electron chi connectivity index (χ1n) is 21.1. The third-order valence-electron chi connectivity index (χ3n) is 9.61. The van der Waals surface area contributed by atoms with Crippen LogP contribution >= 0.6 is 11.3 Å². The molecule has 0 amide bonds. The van der Waals surface area contributed by atoms with E-state index in [1.807, 2.05) is 103 Å². The van der Waals surface area contributed by atoms with Gasteiger partial charge in [0.05, 0.1) is 11.0 Å². The molecule has 0 N–H and O–H groups in total. The Morgan fingerprint density at radius 3 is 1.73 bits per heavy atom. The molecule has 10 rings (SSSR count). The smallest absolute Gasteiger partial charge is 0.0645 e. The molecular formula is C50H33NS. The lowest BCUT2D eigenvalue weighted by atomic mass is 9.98. The number of benzene rings is 9. The molecule has 9 aromatic carbocycles. The second-order valence-corrected chi connectivity index (χ2v) is 13.8. The van der Waals surface area contributed by atoms with Crippen LogP contribution < -0.4 is 4.90 Å². The molecule has 10 aromatic rings. The van der Waals surface area contributed by atoms with E-state index < -0.39 is 0 Å². The zero-order valence-electron chi connectivity index (χ0n) is 35.8. The second-order valence-electron chi connectivity index (χ2n) is 12.7. The molecule has 0 spiro atoms. The maximum Gasteiger partial charge on any atom is 0.0645 e. The summed E-state index contributed by atoms with van der Waals surface area (Å²) in [5.74, 6) is 0. The van der Waals surface area contributed by atoms with Crippen molar-refractivity contribution >= 4 is 70.1 Å². The summed E-state index contributed by atoms with van der Waals surface area (Å²) in [6, 6.07) is 45.5. The van der Waals surface area contributed by atoms with E-state index >= 15 is 0 Å². The van der Waals surface area contributed by atoms with E-state index in [1.165, 1.54) is 15.0 Å². The van der Waals surface area contributed by atoms with E-state index in [0.29, 0.717) is 16.8 Å². The van der Waals surface area contributed by atoms with Crippen LogP contribution in [0.1, 0.15) is 11.0 Å². The van der Waals surface area contributed by atoms with Crippen LogP contribution in [0, 0.1) is 0 Å². The summed E-state index contributed by atoms with van der Waals surface area (Å²) in [4.78, 5) is 1.36. The van der Waals surface area contributed by atoms with Gasteiger partial charge in [0.2, 0.25) is 0 Å². The van der Waals surface area contributed by atoms with Gasteiger partial charge >= 0.3 is 0 Å². The van der Waals surface area contributed by atoms with Gasteiger partial charge in [-0.15, -0.1) is 11.3 Å². The fourth-order valence-electron chi connectivity index (χ4n) is 7.04. The molecular weight excluding hydrogens is 647 g/mol. The maximum atomic E-state index is 9.53. The number of hydrogen-bond acceptors (Lipinski definition) is 2. The van der Waals surface area contributed by atoms with Crippen molar-refractivity contribution in [3.05, 3.63) is 200 Å². The first kappa shape index (κ1) is 23.1. The molecule has 0 aliphatic carbocycles. The molecule has 0 fully saturated rings. The second kappa shape index (κ2) is 12.7. The van der Waals surface area contributed by atoms with Gasteiger partial charge in [-0.05, 0) is 103 Å². The van der Waals surface area contributed by atoms with Gasteiger partial charge in [0, 0.05) is 37.2 Å². The highest BCUT2D eigenvalue weighted by atomic mass is 32.1. The zero-order chi connectivity index (χ0) is 41.4. The number of rotatable bonds is 6. The number of nitrogens with zero attached hydrogens (tertiary/aromatic N) is 1. The van der Waals surface area contributed by atoms with Crippen LogP contribution in [0.25, 0.3) is 75.1 Å². The number of hydrogen-bond donors (Lipinski definition) is 0.